The van der Waals surface area contributed by atoms with Crippen molar-refractivity contribution in [3.63, 3.8) is 0 Å². The average molecular weight is 261 g/mol. The molecule has 1 rings (SSSR count). The van der Waals surface area contributed by atoms with Gasteiger partial charge >= 0.3 is 0 Å². The minimum Gasteiger partial charge on any atom is -0.317 e. The van der Waals surface area contributed by atoms with Crippen LogP contribution in [0.25, 0.3) is 0 Å². The van der Waals surface area contributed by atoms with Gasteiger partial charge in [0.25, 0.3) is 0 Å². The molecule has 0 spiro atoms. The standard InChI is InChI=1S/C12H23NO3S/c1-2-17(15,16)9-3-4-12(14)10-11-5-7-13-8-6-11/h11,13H,2-10H2,1H3. The van der Waals surface area contributed by atoms with Crippen LogP contribution in [-0.4, -0.2) is 38.8 Å². The summed E-state index contributed by atoms with van der Waals surface area (Å²) in [6.45, 7) is 3.65. The third-order valence-electron chi connectivity index (χ3n) is 3.33. The summed E-state index contributed by atoms with van der Waals surface area (Å²) in [5.74, 6) is 1.06. The summed E-state index contributed by atoms with van der Waals surface area (Å²) in [6.07, 6.45) is 3.68. The zero-order chi connectivity index (χ0) is 12.7. The predicted molar refractivity (Wildman–Crippen MR) is 68.8 cm³/mol. The van der Waals surface area contributed by atoms with E-state index in [-0.39, 0.29) is 17.3 Å². The van der Waals surface area contributed by atoms with E-state index < -0.39 is 9.84 Å². The SMILES string of the molecule is CCS(=O)(=O)CCCC(=O)CC1CCNCC1. The lowest BCUT2D eigenvalue weighted by Gasteiger charge is -2.21. The quantitative estimate of drug-likeness (QED) is 0.747. The molecule has 0 aliphatic carbocycles. The van der Waals surface area contributed by atoms with Gasteiger partial charge in [-0.1, -0.05) is 6.92 Å². The number of piperidine rings is 1. The zero-order valence-corrected chi connectivity index (χ0v) is 11.4. The van der Waals surface area contributed by atoms with Crippen molar-refractivity contribution in [2.75, 3.05) is 24.6 Å². The molecule has 1 heterocycles. The maximum atomic E-state index is 11.7. The molecule has 0 radical (unpaired) electrons. The lowest BCUT2D eigenvalue weighted by molar-refractivity contribution is -0.120. The van der Waals surface area contributed by atoms with Crippen LogP contribution < -0.4 is 5.32 Å². The Kier molecular flexibility index (Phi) is 6.12. The van der Waals surface area contributed by atoms with Crippen LogP contribution >= 0.6 is 0 Å². The summed E-state index contributed by atoms with van der Waals surface area (Å²) in [5, 5.41) is 3.27. The van der Waals surface area contributed by atoms with Crippen LogP contribution in [0.1, 0.15) is 39.0 Å². The van der Waals surface area contributed by atoms with E-state index >= 15 is 0 Å². The molecule has 0 amide bonds. The van der Waals surface area contributed by atoms with Gasteiger partial charge in [-0.2, -0.15) is 0 Å². The molecule has 1 fully saturated rings. The second-order valence-electron chi connectivity index (χ2n) is 4.78. The molecule has 0 unspecified atom stereocenters. The minimum atomic E-state index is -2.91. The van der Waals surface area contributed by atoms with Crippen LogP contribution in [0, 0.1) is 5.92 Å². The van der Waals surface area contributed by atoms with Gasteiger partial charge in [-0.05, 0) is 38.3 Å². The van der Waals surface area contributed by atoms with E-state index in [1.807, 2.05) is 0 Å². The first kappa shape index (κ1) is 14.6. The van der Waals surface area contributed by atoms with Crippen LogP contribution in [0.5, 0.6) is 0 Å². The van der Waals surface area contributed by atoms with E-state index in [1.54, 1.807) is 6.92 Å². The van der Waals surface area contributed by atoms with E-state index in [0.29, 0.717) is 25.2 Å². The van der Waals surface area contributed by atoms with Crippen molar-refractivity contribution in [2.45, 2.75) is 39.0 Å². The van der Waals surface area contributed by atoms with E-state index in [1.165, 1.54) is 0 Å². The van der Waals surface area contributed by atoms with Crippen LogP contribution in [0.3, 0.4) is 0 Å². The number of nitrogens with one attached hydrogen (secondary N) is 1. The molecule has 1 saturated heterocycles. The fourth-order valence-electron chi connectivity index (χ4n) is 2.14. The van der Waals surface area contributed by atoms with E-state index in [9.17, 15) is 13.2 Å². The van der Waals surface area contributed by atoms with Gasteiger partial charge in [-0.3, -0.25) is 4.79 Å². The predicted octanol–water partition coefficient (Wildman–Crippen LogP) is 1.16. The number of hydrogen-bond donors (Lipinski definition) is 1. The van der Waals surface area contributed by atoms with E-state index in [2.05, 4.69) is 5.32 Å². The molecule has 0 atom stereocenters. The maximum Gasteiger partial charge on any atom is 0.150 e. The third kappa shape index (κ3) is 6.17. The summed E-state index contributed by atoms with van der Waals surface area (Å²) in [5.41, 5.74) is 0. The van der Waals surface area contributed by atoms with Gasteiger partial charge in [0.05, 0.1) is 5.75 Å². The van der Waals surface area contributed by atoms with Gasteiger partial charge in [0.1, 0.15) is 15.6 Å². The third-order valence-corrected chi connectivity index (χ3v) is 5.12. The number of hydrogen-bond acceptors (Lipinski definition) is 4. The van der Waals surface area contributed by atoms with Gasteiger partial charge in [0.15, 0.2) is 0 Å². The highest BCUT2D eigenvalue weighted by atomic mass is 32.2. The van der Waals surface area contributed by atoms with Gasteiger partial charge in [-0.25, -0.2) is 8.42 Å². The largest absolute Gasteiger partial charge is 0.317 e. The van der Waals surface area contributed by atoms with Gasteiger partial charge in [-0.15, -0.1) is 0 Å². The summed E-state index contributed by atoms with van der Waals surface area (Å²) < 4.78 is 22.5. The molecule has 100 valence electrons. The molecular formula is C12H23NO3S. The first-order chi connectivity index (χ1) is 8.03. The number of Topliss-reactive ketones (excluding diaryl/α,β-unsaturated/α-hetero) is 1. The Labute approximate surface area is 104 Å². The summed E-state index contributed by atoms with van der Waals surface area (Å²) in [4.78, 5) is 11.7. The topological polar surface area (TPSA) is 63.2 Å². The van der Waals surface area contributed by atoms with Gasteiger partial charge < -0.3 is 5.32 Å². The highest BCUT2D eigenvalue weighted by Crippen LogP contribution is 2.17. The molecule has 0 aromatic carbocycles. The Balaban J connectivity index is 2.16. The summed E-state index contributed by atoms with van der Waals surface area (Å²) >= 11 is 0. The van der Waals surface area contributed by atoms with Crippen molar-refractivity contribution < 1.29 is 13.2 Å². The summed E-state index contributed by atoms with van der Waals surface area (Å²) in [7, 11) is -2.91. The maximum absolute atomic E-state index is 11.7. The fourth-order valence-corrected chi connectivity index (χ4v) is 3.02. The zero-order valence-electron chi connectivity index (χ0n) is 10.6. The first-order valence-electron chi connectivity index (χ1n) is 6.46. The monoisotopic (exact) mass is 261 g/mol. The van der Waals surface area contributed by atoms with Crippen molar-refractivity contribution in [1.29, 1.82) is 0 Å². The van der Waals surface area contributed by atoms with Crippen LogP contribution in [0.15, 0.2) is 0 Å². The van der Waals surface area contributed by atoms with Crippen molar-refractivity contribution in [1.82, 2.24) is 5.32 Å². The molecule has 1 aliphatic heterocycles. The first-order valence-corrected chi connectivity index (χ1v) is 8.28. The molecule has 17 heavy (non-hydrogen) atoms. The normalized spacial score (nSPS) is 18.2. The lowest BCUT2D eigenvalue weighted by atomic mass is 9.92. The Morgan fingerprint density at radius 2 is 1.94 bits per heavy atom. The number of sulfone groups is 1. The minimum absolute atomic E-state index is 0.154. The van der Waals surface area contributed by atoms with Crippen molar-refractivity contribution in [3.05, 3.63) is 0 Å². The van der Waals surface area contributed by atoms with Gasteiger partial charge in [0.2, 0.25) is 0 Å². The second kappa shape index (κ2) is 7.11. The van der Waals surface area contributed by atoms with Crippen LogP contribution in [0.4, 0.5) is 0 Å². The van der Waals surface area contributed by atoms with Gasteiger partial charge in [0, 0.05) is 18.6 Å². The van der Waals surface area contributed by atoms with E-state index in [0.717, 1.165) is 25.9 Å². The molecule has 0 bridgehead atoms. The smallest absolute Gasteiger partial charge is 0.150 e. The second-order valence-corrected chi connectivity index (χ2v) is 7.25. The highest BCUT2D eigenvalue weighted by Gasteiger charge is 2.17. The molecule has 0 saturated carbocycles. The van der Waals surface area contributed by atoms with Crippen molar-refractivity contribution in [2.24, 2.45) is 5.92 Å². The number of carbonyl (C=O) groups is 1. The highest BCUT2D eigenvalue weighted by molar-refractivity contribution is 7.91. The Bertz CT molecular complexity index is 332. The van der Waals surface area contributed by atoms with Crippen LogP contribution in [0.2, 0.25) is 0 Å². The average Bonchev–Trinajstić information content (AvgIpc) is 2.30. The molecule has 1 aliphatic rings. The summed E-state index contributed by atoms with van der Waals surface area (Å²) in [6, 6.07) is 0. The molecule has 1 N–H and O–H groups in total. The Morgan fingerprint density at radius 3 is 2.53 bits per heavy atom. The number of rotatable bonds is 7. The fraction of sp³-hybridized carbons (Fsp3) is 0.917. The molecule has 5 heteroatoms. The number of carbonyl (C=O) groups excluding carboxylic acids is 1. The van der Waals surface area contributed by atoms with Crippen LogP contribution in [-0.2, 0) is 14.6 Å². The number of ketones is 1. The molecule has 4 nitrogen and oxygen atoms in total. The van der Waals surface area contributed by atoms with E-state index in [4.69, 9.17) is 0 Å². The lowest BCUT2D eigenvalue weighted by Crippen LogP contribution is -2.28. The van der Waals surface area contributed by atoms with Crippen molar-refractivity contribution >= 4 is 15.6 Å². The Hall–Kier alpha value is -0.420. The Morgan fingerprint density at radius 1 is 1.29 bits per heavy atom. The van der Waals surface area contributed by atoms with Crippen molar-refractivity contribution in [3.8, 4) is 0 Å². The molecule has 0 aromatic rings. The molecular weight excluding hydrogens is 238 g/mol. The molecule has 0 aromatic heterocycles.